The van der Waals surface area contributed by atoms with Gasteiger partial charge in [0.1, 0.15) is 5.75 Å². The predicted molar refractivity (Wildman–Crippen MR) is 79.2 cm³/mol. The molecular formula is C17H18O3. The minimum absolute atomic E-state index is 0.225. The summed E-state index contributed by atoms with van der Waals surface area (Å²) in [5.41, 5.74) is 2.72. The maximum Gasteiger partial charge on any atom is 0.511 e. The first-order valence-corrected chi connectivity index (χ1v) is 6.49. The third-order valence-electron chi connectivity index (χ3n) is 3.06. The van der Waals surface area contributed by atoms with E-state index in [0.717, 1.165) is 16.7 Å². The van der Waals surface area contributed by atoms with Gasteiger partial charge in [0.05, 0.1) is 0 Å². The Labute approximate surface area is 118 Å². The van der Waals surface area contributed by atoms with Crippen LogP contribution in [0.15, 0.2) is 48.5 Å². The summed E-state index contributed by atoms with van der Waals surface area (Å²) in [5.74, 6) is 0.395. The van der Waals surface area contributed by atoms with Crippen LogP contribution in [0.5, 0.6) is 5.75 Å². The van der Waals surface area contributed by atoms with Crippen LogP contribution >= 0.6 is 0 Å². The van der Waals surface area contributed by atoms with Crippen molar-refractivity contribution in [3.8, 4) is 16.9 Å². The van der Waals surface area contributed by atoms with Crippen molar-refractivity contribution >= 4 is 6.16 Å². The van der Waals surface area contributed by atoms with Crippen LogP contribution in [0.2, 0.25) is 0 Å². The molecule has 1 N–H and O–H groups in total. The van der Waals surface area contributed by atoms with Crippen molar-refractivity contribution in [1.29, 1.82) is 0 Å². The fourth-order valence-corrected chi connectivity index (χ4v) is 2.34. The van der Waals surface area contributed by atoms with E-state index >= 15 is 0 Å². The smallest absolute Gasteiger partial charge is 0.449 e. The Morgan fingerprint density at radius 3 is 2.20 bits per heavy atom. The van der Waals surface area contributed by atoms with Gasteiger partial charge < -0.3 is 9.84 Å². The molecule has 3 heteroatoms. The topological polar surface area (TPSA) is 46.5 Å². The van der Waals surface area contributed by atoms with Gasteiger partial charge in [-0.05, 0) is 22.6 Å². The van der Waals surface area contributed by atoms with E-state index in [-0.39, 0.29) is 5.41 Å². The van der Waals surface area contributed by atoms with E-state index in [1.54, 1.807) is 6.07 Å². The molecule has 0 saturated carbocycles. The maximum atomic E-state index is 10.9. The normalized spacial score (nSPS) is 11.2. The zero-order valence-corrected chi connectivity index (χ0v) is 11.9. The minimum atomic E-state index is -1.29. The summed E-state index contributed by atoms with van der Waals surface area (Å²) in [6.45, 7) is 6.14. The molecule has 0 aliphatic carbocycles. The summed E-state index contributed by atoms with van der Waals surface area (Å²) >= 11 is 0. The van der Waals surface area contributed by atoms with Crippen LogP contribution in [0.4, 0.5) is 4.79 Å². The molecule has 0 aliphatic heterocycles. The molecule has 0 bridgehead atoms. The van der Waals surface area contributed by atoms with Crippen molar-refractivity contribution in [3.63, 3.8) is 0 Å². The summed E-state index contributed by atoms with van der Waals surface area (Å²) < 4.78 is 4.95. The lowest BCUT2D eigenvalue weighted by molar-refractivity contribution is 0.143. The zero-order chi connectivity index (χ0) is 14.8. The highest BCUT2D eigenvalue weighted by atomic mass is 16.7. The molecule has 2 aromatic carbocycles. The Morgan fingerprint density at radius 1 is 1.00 bits per heavy atom. The summed E-state index contributed by atoms with van der Waals surface area (Å²) in [7, 11) is 0. The second-order valence-corrected chi connectivity index (χ2v) is 5.66. The molecule has 0 fully saturated rings. The van der Waals surface area contributed by atoms with Crippen LogP contribution in [0.3, 0.4) is 0 Å². The van der Waals surface area contributed by atoms with Crippen molar-refractivity contribution in [2.45, 2.75) is 26.2 Å². The first-order valence-electron chi connectivity index (χ1n) is 6.49. The van der Waals surface area contributed by atoms with E-state index in [2.05, 4.69) is 0 Å². The quantitative estimate of drug-likeness (QED) is 0.635. The molecule has 0 unspecified atom stereocenters. The molecule has 20 heavy (non-hydrogen) atoms. The fourth-order valence-electron chi connectivity index (χ4n) is 2.34. The van der Waals surface area contributed by atoms with Crippen LogP contribution in [0, 0.1) is 0 Å². The second-order valence-electron chi connectivity index (χ2n) is 5.66. The van der Waals surface area contributed by atoms with Crippen LogP contribution in [0.1, 0.15) is 26.3 Å². The zero-order valence-electron chi connectivity index (χ0n) is 11.9. The molecule has 0 radical (unpaired) electrons. The standard InChI is InChI=1S/C17H18O3/c1-17(2,3)15-13(12-8-5-4-6-9-12)10-7-11-14(15)20-16(18)19/h4-11H,1-3H3,(H,18,19). The maximum absolute atomic E-state index is 10.9. The molecule has 0 aliphatic rings. The lowest BCUT2D eigenvalue weighted by Crippen LogP contribution is -2.16. The van der Waals surface area contributed by atoms with E-state index in [9.17, 15) is 4.79 Å². The van der Waals surface area contributed by atoms with Gasteiger partial charge in [-0.3, -0.25) is 0 Å². The number of rotatable bonds is 2. The largest absolute Gasteiger partial charge is 0.511 e. The van der Waals surface area contributed by atoms with Crippen LogP contribution in [-0.4, -0.2) is 11.3 Å². The fraction of sp³-hybridized carbons (Fsp3) is 0.235. The summed E-state index contributed by atoms with van der Waals surface area (Å²) in [6, 6.07) is 15.4. The van der Waals surface area contributed by atoms with E-state index in [0.29, 0.717) is 5.75 Å². The van der Waals surface area contributed by atoms with Crippen molar-refractivity contribution in [2.24, 2.45) is 0 Å². The predicted octanol–water partition coefficient (Wildman–Crippen LogP) is 4.71. The molecule has 0 aromatic heterocycles. The Kier molecular flexibility index (Phi) is 3.79. The molecule has 2 aromatic rings. The van der Waals surface area contributed by atoms with E-state index in [1.807, 2.05) is 63.2 Å². The molecule has 3 nitrogen and oxygen atoms in total. The van der Waals surface area contributed by atoms with Gasteiger partial charge in [-0.25, -0.2) is 4.79 Å². The average Bonchev–Trinajstić information content (AvgIpc) is 2.37. The van der Waals surface area contributed by atoms with E-state index in [4.69, 9.17) is 9.84 Å². The highest BCUT2D eigenvalue weighted by Crippen LogP contribution is 2.39. The summed E-state index contributed by atoms with van der Waals surface area (Å²) in [5, 5.41) is 8.90. The van der Waals surface area contributed by atoms with Crippen LogP contribution < -0.4 is 4.74 Å². The molecule has 0 amide bonds. The first kappa shape index (κ1) is 14.1. The lowest BCUT2D eigenvalue weighted by atomic mass is 9.81. The number of hydrogen-bond acceptors (Lipinski definition) is 2. The monoisotopic (exact) mass is 270 g/mol. The molecule has 0 saturated heterocycles. The van der Waals surface area contributed by atoms with E-state index < -0.39 is 6.16 Å². The van der Waals surface area contributed by atoms with Gasteiger partial charge in [0.15, 0.2) is 0 Å². The SMILES string of the molecule is CC(C)(C)c1c(OC(=O)O)cccc1-c1ccccc1. The molecule has 0 atom stereocenters. The van der Waals surface area contributed by atoms with Crippen molar-refractivity contribution in [3.05, 3.63) is 54.1 Å². The highest BCUT2D eigenvalue weighted by molar-refractivity contribution is 5.73. The number of benzene rings is 2. The highest BCUT2D eigenvalue weighted by Gasteiger charge is 2.24. The minimum Gasteiger partial charge on any atom is -0.449 e. The van der Waals surface area contributed by atoms with Crippen molar-refractivity contribution < 1.29 is 14.6 Å². The molecule has 2 rings (SSSR count). The Bertz CT molecular complexity index is 610. The average molecular weight is 270 g/mol. The van der Waals surface area contributed by atoms with Gasteiger partial charge in [0.25, 0.3) is 0 Å². The van der Waals surface area contributed by atoms with Gasteiger partial charge in [0, 0.05) is 5.56 Å². The van der Waals surface area contributed by atoms with Crippen molar-refractivity contribution in [2.75, 3.05) is 0 Å². The van der Waals surface area contributed by atoms with Gasteiger partial charge in [-0.1, -0.05) is 63.2 Å². The first-order chi connectivity index (χ1) is 9.39. The Morgan fingerprint density at radius 2 is 1.65 bits per heavy atom. The third kappa shape index (κ3) is 2.99. The molecule has 0 spiro atoms. The van der Waals surface area contributed by atoms with Gasteiger partial charge in [-0.15, -0.1) is 0 Å². The lowest BCUT2D eigenvalue weighted by Gasteiger charge is -2.25. The van der Waals surface area contributed by atoms with E-state index in [1.165, 1.54) is 0 Å². The summed E-state index contributed by atoms with van der Waals surface area (Å²) in [6.07, 6.45) is -1.29. The van der Waals surface area contributed by atoms with Crippen LogP contribution in [0.25, 0.3) is 11.1 Å². The Balaban J connectivity index is 2.66. The van der Waals surface area contributed by atoms with Gasteiger partial charge in [-0.2, -0.15) is 0 Å². The van der Waals surface area contributed by atoms with Crippen LogP contribution in [-0.2, 0) is 5.41 Å². The number of hydrogen-bond donors (Lipinski definition) is 1. The summed E-state index contributed by atoms with van der Waals surface area (Å²) in [4.78, 5) is 10.9. The number of ether oxygens (including phenoxy) is 1. The van der Waals surface area contributed by atoms with Gasteiger partial charge >= 0.3 is 6.16 Å². The second kappa shape index (κ2) is 5.37. The molecule has 104 valence electrons. The van der Waals surface area contributed by atoms with Gasteiger partial charge in [0.2, 0.25) is 0 Å². The number of carboxylic acid groups (broad SMARTS) is 1. The molecular weight excluding hydrogens is 252 g/mol. The molecule has 0 heterocycles. The van der Waals surface area contributed by atoms with Crippen molar-refractivity contribution in [1.82, 2.24) is 0 Å². The third-order valence-corrected chi connectivity index (χ3v) is 3.06. The number of carbonyl (C=O) groups is 1. The Hall–Kier alpha value is -2.29.